The van der Waals surface area contributed by atoms with E-state index in [9.17, 15) is 9.59 Å². The highest BCUT2D eigenvalue weighted by molar-refractivity contribution is 5.94. The minimum absolute atomic E-state index is 0.0769. The first-order chi connectivity index (χ1) is 9.86. The Bertz CT molecular complexity index is 515. The third kappa shape index (κ3) is 4.99. The van der Waals surface area contributed by atoms with Crippen LogP contribution in [0.25, 0.3) is 0 Å². The molecule has 1 rings (SSSR count). The summed E-state index contributed by atoms with van der Waals surface area (Å²) in [6.07, 6.45) is 1.65. The maximum Gasteiger partial charge on any atom is 0.250 e. The molecule has 6 nitrogen and oxygen atoms in total. The number of carbonyl (C=O) groups excluding carboxylic acids is 1. The number of pyridine rings is 1. The number of rotatable bonds is 7. The molecule has 1 heterocycles. The lowest BCUT2D eigenvalue weighted by Crippen LogP contribution is -2.43. The fraction of sp³-hybridized carbons (Fsp3) is 0.600. The van der Waals surface area contributed by atoms with E-state index in [1.165, 1.54) is 10.6 Å². The lowest BCUT2D eigenvalue weighted by atomic mass is 10.0. The van der Waals surface area contributed by atoms with Crippen LogP contribution in [-0.2, 0) is 16.1 Å². The van der Waals surface area contributed by atoms with Gasteiger partial charge in [0, 0.05) is 25.9 Å². The van der Waals surface area contributed by atoms with Crippen molar-refractivity contribution in [3.63, 3.8) is 0 Å². The standard InChI is InChI=1S/C15H25N3O3/c1-11(2)14(17(3)4)15(20)16-12-6-7-13(19)18(10-12)8-9-21-5/h6-7,10-11,14H,8-9H2,1-5H3,(H,16,20)/t14-/m1/s1. The zero-order valence-corrected chi connectivity index (χ0v) is 13.4. The van der Waals surface area contributed by atoms with Gasteiger partial charge >= 0.3 is 0 Å². The number of likely N-dealkylation sites (N-methyl/N-ethyl adjacent to an activating group) is 1. The Kier molecular flexibility index (Phi) is 6.58. The summed E-state index contributed by atoms with van der Waals surface area (Å²) in [7, 11) is 5.34. The van der Waals surface area contributed by atoms with Crippen LogP contribution in [0.1, 0.15) is 13.8 Å². The van der Waals surface area contributed by atoms with E-state index in [4.69, 9.17) is 4.74 Å². The van der Waals surface area contributed by atoms with Crippen LogP contribution < -0.4 is 10.9 Å². The number of methoxy groups -OCH3 is 1. The Morgan fingerprint density at radius 1 is 1.38 bits per heavy atom. The van der Waals surface area contributed by atoms with Gasteiger partial charge in [0.05, 0.1) is 18.3 Å². The van der Waals surface area contributed by atoms with Crippen LogP contribution in [0.2, 0.25) is 0 Å². The summed E-state index contributed by atoms with van der Waals surface area (Å²) in [6.45, 7) is 4.91. The zero-order chi connectivity index (χ0) is 16.0. The van der Waals surface area contributed by atoms with E-state index in [1.807, 2.05) is 32.8 Å². The molecule has 0 bridgehead atoms. The molecule has 0 saturated carbocycles. The van der Waals surface area contributed by atoms with E-state index in [1.54, 1.807) is 19.4 Å². The molecule has 0 aromatic carbocycles. The predicted octanol–water partition coefficient (Wildman–Crippen LogP) is 1.02. The SMILES string of the molecule is COCCn1cc(NC(=O)[C@@H](C(C)C)N(C)C)ccc1=O. The summed E-state index contributed by atoms with van der Waals surface area (Å²) in [6, 6.07) is 2.85. The fourth-order valence-corrected chi connectivity index (χ4v) is 2.32. The van der Waals surface area contributed by atoms with Crippen molar-refractivity contribution in [2.75, 3.05) is 33.1 Å². The van der Waals surface area contributed by atoms with Crippen LogP contribution in [0.5, 0.6) is 0 Å². The minimum atomic E-state index is -0.218. The summed E-state index contributed by atoms with van der Waals surface area (Å²) in [5, 5.41) is 2.87. The van der Waals surface area contributed by atoms with Gasteiger partial charge in [0.15, 0.2) is 0 Å². The van der Waals surface area contributed by atoms with E-state index in [0.29, 0.717) is 18.8 Å². The fourth-order valence-electron chi connectivity index (χ4n) is 2.32. The number of nitrogens with zero attached hydrogens (tertiary/aromatic N) is 2. The summed E-state index contributed by atoms with van der Waals surface area (Å²) in [5.41, 5.74) is 0.501. The molecular formula is C15H25N3O3. The summed E-state index contributed by atoms with van der Waals surface area (Å²) in [4.78, 5) is 25.9. The third-order valence-corrected chi connectivity index (χ3v) is 3.24. The van der Waals surface area contributed by atoms with Crippen LogP contribution in [0.4, 0.5) is 5.69 Å². The van der Waals surface area contributed by atoms with E-state index in [2.05, 4.69) is 5.32 Å². The van der Waals surface area contributed by atoms with Crippen molar-refractivity contribution in [2.24, 2.45) is 5.92 Å². The maximum absolute atomic E-state index is 12.3. The first-order valence-electron chi connectivity index (χ1n) is 7.03. The molecule has 1 amide bonds. The van der Waals surface area contributed by atoms with Crippen molar-refractivity contribution in [3.8, 4) is 0 Å². The monoisotopic (exact) mass is 295 g/mol. The lowest BCUT2D eigenvalue weighted by molar-refractivity contribution is -0.121. The first-order valence-corrected chi connectivity index (χ1v) is 7.03. The van der Waals surface area contributed by atoms with Gasteiger partial charge < -0.3 is 14.6 Å². The van der Waals surface area contributed by atoms with Gasteiger partial charge in [-0.1, -0.05) is 13.8 Å². The third-order valence-electron chi connectivity index (χ3n) is 3.24. The van der Waals surface area contributed by atoms with Gasteiger partial charge in [-0.2, -0.15) is 0 Å². The van der Waals surface area contributed by atoms with Crippen LogP contribution in [0.15, 0.2) is 23.1 Å². The van der Waals surface area contributed by atoms with Gasteiger partial charge in [0.25, 0.3) is 5.56 Å². The highest BCUT2D eigenvalue weighted by Crippen LogP contribution is 2.11. The van der Waals surface area contributed by atoms with Crippen molar-refractivity contribution in [2.45, 2.75) is 26.4 Å². The number of hydrogen-bond acceptors (Lipinski definition) is 4. The van der Waals surface area contributed by atoms with Gasteiger partial charge in [-0.05, 0) is 26.1 Å². The molecule has 1 aromatic heterocycles. The van der Waals surface area contributed by atoms with Crippen molar-refractivity contribution in [3.05, 3.63) is 28.7 Å². The summed E-state index contributed by atoms with van der Waals surface area (Å²) in [5.74, 6) is 0.117. The van der Waals surface area contributed by atoms with Crippen LogP contribution in [0, 0.1) is 5.92 Å². The zero-order valence-electron chi connectivity index (χ0n) is 13.4. The van der Waals surface area contributed by atoms with Gasteiger partial charge in [-0.3, -0.25) is 14.5 Å². The lowest BCUT2D eigenvalue weighted by Gasteiger charge is -2.26. The van der Waals surface area contributed by atoms with E-state index < -0.39 is 0 Å². The molecule has 0 spiro atoms. The van der Waals surface area contributed by atoms with Gasteiger partial charge in [-0.15, -0.1) is 0 Å². The van der Waals surface area contributed by atoms with Crippen molar-refractivity contribution < 1.29 is 9.53 Å². The second-order valence-corrected chi connectivity index (χ2v) is 5.58. The second kappa shape index (κ2) is 7.95. The minimum Gasteiger partial charge on any atom is -0.383 e. The molecule has 1 aromatic rings. The Morgan fingerprint density at radius 3 is 2.57 bits per heavy atom. The Hall–Kier alpha value is -1.66. The Morgan fingerprint density at radius 2 is 2.05 bits per heavy atom. The molecule has 0 radical (unpaired) electrons. The smallest absolute Gasteiger partial charge is 0.250 e. The normalized spacial score (nSPS) is 12.7. The highest BCUT2D eigenvalue weighted by atomic mass is 16.5. The quantitative estimate of drug-likeness (QED) is 0.816. The van der Waals surface area contributed by atoms with Crippen molar-refractivity contribution >= 4 is 11.6 Å². The molecule has 0 aliphatic rings. The van der Waals surface area contributed by atoms with E-state index in [0.717, 1.165) is 0 Å². The molecule has 0 saturated heterocycles. The summed E-state index contributed by atoms with van der Waals surface area (Å²) >= 11 is 0. The van der Waals surface area contributed by atoms with Gasteiger partial charge in [-0.25, -0.2) is 0 Å². The molecule has 0 fully saturated rings. The number of ether oxygens (including phenoxy) is 1. The summed E-state index contributed by atoms with van der Waals surface area (Å²) < 4.78 is 6.50. The number of amides is 1. The number of aromatic nitrogens is 1. The molecule has 118 valence electrons. The Balaban J connectivity index is 2.87. The molecule has 1 N–H and O–H groups in total. The molecule has 0 unspecified atom stereocenters. The molecule has 6 heteroatoms. The van der Waals surface area contributed by atoms with Crippen LogP contribution in [0.3, 0.4) is 0 Å². The van der Waals surface area contributed by atoms with Gasteiger partial charge in [0.2, 0.25) is 5.91 Å². The largest absolute Gasteiger partial charge is 0.383 e. The second-order valence-electron chi connectivity index (χ2n) is 5.58. The topological polar surface area (TPSA) is 63.6 Å². The highest BCUT2D eigenvalue weighted by Gasteiger charge is 2.24. The maximum atomic E-state index is 12.3. The predicted molar refractivity (Wildman–Crippen MR) is 83.5 cm³/mol. The van der Waals surface area contributed by atoms with Crippen LogP contribution >= 0.6 is 0 Å². The molecule has 21 heavy (non-hydrogen) atoms. The number of anilines is 1. The van der Waals surface area contributed by atoms with Crippen molar-refractivity contribution in [1.29, 1.82) is 0 Å². The Labute approximate surface area is 125 Å². The number of hydrogen-bond donors (Lipinski definition) is 1. The van der Waals surface area contributed by atoms with Gasteiger partial charge in [0.1, 0.15) is 0 Å². The van der Waals surface area contributed by atoms with E-state index in [-0.39, 0.29) is 23.4 Å². The van der Waals surface area contributed by atoms with E-state index >= 15 is 0 Å². The molecule has 1 atom stereocenters. The van der Waals surface area contributed by atoms with Crippen LogP contribution in [-0.4, -0.2) is 49.2 Å². The average Bonchev–Trinajstić information content (AvgIpc) is 2.38. The molecule has 0 aliphatic carbocycles. The molecule has 0 aliphatic heterocycles. The van der Waals surface area contributed by atoms with Crippen molar-refractivity contribution in [1.82, 2.24) is 9.47 Å². The number of carbonyl (C=O) groups is 1. The number of nitrogens with one attached hydrogen (secondary N) is 1. The first kappa shape index (κ1) is 17.4. The molecular weight excluding hydrogens is 270 g/mol. The average molecular weight is 295 g/mol.